The summed E-state index contributed by atoms with van der Waals surface area (Å²) < 4.78 is 0. The summed E-state index contributed by atoms with van der Waals surface area (Å²) >= 11 is 0. The smallest absolute Gasteiger partial charge is 0.279 e. The molecular weight excluding hydrogens is 306 g/mol. The van der Waals surface area contributed by atoms with Crippen molar-refractivity contribution in [1.29, 1.82) is 0 Å². The summed E-state index contributed by atoms with van der Waals surface area (Å²) in [6.07, 6.45) is 1.58. The van der Waals surface area contributed by atoms with E-state index in [9.17, 15) is 15.2 Å². The minimum Gasteiger partial charge on any atom is -0.505 e. The molecule has 2 heterocycles. The van der Waals surface area contributed by atoms with Crippen LogP contribution in [0.25, 0.3) is 22.3 Å². The first-order chi connectivity index (χ1) is 11.5. The molecule has 1 aliphatic carbocycles. The van der Waals surface area contributed by atoms with Crippen molar-refractivity contribution < 1.29 is 10.0 Å². The lowest BCUT2D eigenvalue weighted by atomic mass is 9.91. The Hall–Kier alpha value is -3.02. The summed E-state index contributed by atoms with van der Waals surface area (Å²) in [7, 11) is 0. The van der Waals surface area contributed by atoms with Crippen LogP contribution >= 0.6 is 0 Å². The van der Waals surface area contributed by atoms with Gasteiger partial charge in [0.2, 0.25) is 0 Å². The zero-order chi connectivity index (χ0) is 17.0. The quantitative estimate of drug-likeness (QED) is 0.546. The van der Waals surface area contributed by atoms with Crippen LogP contribution in [0, 0.1) is 24.0 Å². The average Bonchev–Trinajstić information content (AvgIpc) is 2.56. The first-order valence-electron chi connectivity index (χ1n) is 7.73. The van der Waals surface area contributed by atoms with Gasteiger partial charge in [0.25, 0.3) is 5.69 Å². The van der Waals surface area contributed by atoms with Crippen LogP contribution in [0.4, 0.5) is 5.69 Å². The van der Waals surface area contributed by atoms with Crippen LogP contribution in [0.3, 0.4) is 0 Å². The molecule has 0 radical (unpaired) electrons. The molecule has 0 bridgehead atoms. The summed E-state index contributed by atoms with van der Waals surface area (Å²) in [6.45, 7) is 3.56. The van der Waals surface area contributed by atoms with Gasteiger partial charge in [-0.05, 0) is 55.5 Å². The molecule has 0 spiro atoms. The first-order valence-corrected chi connectivity index (χ1v) is 7.73. The number of phenols is 1. The largest absolute Gasteiger partial charge is 0.505 e. The number of nitro groups is 1. The van der Waals surface area contributed by atoms with Gasteiger partial charge in [-0.25, -0.2) is 4.98 Å². The van der Waals surface area contributed by atoms with E-state index >= 15 is 0 Å². The van der Waals surface area contributed by atoms with Gasteiger partial charge in [-0.3, -0.25) is 15.1 Å². The van der Waals surface area contributed by atoms with E-state index in [0.717, 1.165) is 35.4 Å². The normalized spacial score (nSPS) is 12.8. The van der Waals surface area contributed by atoms with Crippen molar-refractivity contribution in [2.45, 2.75) is 26.7 Å². The van der Waals surface area contributed by atoms with Gasteiger partial charge >= 0.3 is 0 Å². The van der Waals surface area contributed by atoms with E-state index < -0.39 is 4.92 Å². The molecule has 2 aromatic heterocycles. The molecule has 0 fully saturated rings. The van der Waals surface area contributed by atoms with E-state index in [4.69, 9.17) is 0 Å². The number of hydrogen-bond donors (Lipinski definition) is 1. The molecule has 1 aliphatic rings. The van der Waals surface area contributed by atoms with E-state index in [0.29, 0.717) is 16.6 Å². The summed E-state index contributed by atoms with van der Waals surface area (Å²) in [6, 6.07) is 7.19. The maximum Gasteiger partial charge on any atom is 0.279 e. The maximum absolute atomic E-state index is 11.4. The number of benzene rings is 1. The Bertz CT molecular complexity index is 1030. The molecule has 3 aromatic rings. The number of rotatable bonds is 1. The lowest BCUT2D eigenvalue weighted by molar-refractivity contribution is -0.383. The van der Waals surface area contributed by atoms with Crippen LogP contribution in [0.2, 0.25) is 0 Å². The van der Waals surface area contributed by atoms with Crippen molar-refractivity contribution >= 4 is 16.6 Å². The molecule has 6 heteroatoms. The van der Waals surface area contributed by atoms with Gasteiger partial charge in [-0.2, -0.15) is 0 Å². The van der Waals surface area contributed by atoms with Crippen LogP contribution in [0.15, 0.2) is 24.3 Å². The van der Waals surface area contributed by atoms with E-state index in [-0.39, 0.29) is 17.0 Å². The predicted octanol–water partition coefficient (Wildman–Crippen LogP) is 3.63. The SMILES string of the molecule is Cc1ccc2c(n1)-c1nc3c(O)c(C)cc([N+](=O)[O-])c3cc1CC2. The lowest BCUT2D eigenvalue weighted by Crippen LogP contribution is -2.09. The number of aryl methyl sites for hydroxylation is 4. The predicted molar refractivity (Wildman–Crippen MR) is 90.2 cm³/mol. The van der Waals surface area contributed by atoms with Crippen LogP contribution in [0.5, 0.6) is 5.75 Å². The minimum atomic E-state index is -0.429. The Labute approximate surface area is 138 Å². The molecule has 24 heavy (non-hydrogen) atoms. The molecule has 0 saturated carbocycles. The van der Waals surface area contributed by atoms with Crippen molar-refractivity contribution in [2.75, 3.05) is 0 Å². The molecule has 0 amide bonds. The van der Waals surface area contributed by atoms with Gasteiger partial charge in [-0.15, -0.1) is 0 Å². The Morgan fingerprint density at radius 2 is 1.79 bits per heavy atom. The average molecular weight is 321 g/mol. The number of phenolic OH excluding ortho intramolecular Hbond substituents is 1. The van der Waals surface area contributed by atoms with Gasteiger partial charge in [0.05, 0.1) is 21.7 Å². The Morgan fingerprint density at radius 3 is 2.54 bits per heavy atom. The van der Waals surface area contributed by atoms with E-state index in [1.54, 1.807) is 13.0 Å². The number of nitro benzene ring substituents is 1. The molecule has 1 aromatic carbocycles. The molecule has 6 nitrogen and oxygen atoms in total. The van der Waals surface area contributed by atoms with E-state index in [1.165, 1.54) is 6.07 Å². The first kappa shape index (κ1) is 14.6. The lowest BCUT2D eigenvalue weighted by Gasteiger charge is -2.19. The second-order valence-electron chi connectivity index (χ2n) is 6.17. The van der Waals surface area contributed by atoms with E-state index in [1.807, 2.05) is 19.1 Å². The fraction of sp³-hybridized carbons (Fsp3) is 0.222. The highest BCUT2D eigenvalue weighted by Gasteiger charge is 2.24. The number of aromatic hydroxyl groups is 1. The van der Waals surface area contributed by atoms with Gasteiger partial charge < -0.3 is 5.11 Å². The van der Waals surface area contributed by atoms with Crippen LogP contribution in [0.1, 0.15) is 22.4 Å². The summed E-state index contributed by atoms with van der Waals surface area (Å²) in [5.41, 5.74) is 5.12. The molecule has 0 saturated heterocycles. The number of nitrogens with zero attached hydrogens (tertiary/aromatic N) is 3. The van der Waals surface area contributed by atoms with Gasteiger partial charge in [-0.1, -0.05) is 6.07 Å². The summed E-state index contributed by atoms with van der Waals surface area (Å²) in [5, 5.41) is 22.1. The number of pyridine rings is 2. The zero-order valence-electron chi connectivity index (χ0n) is 13.3. The van der Waals surface area contributed by atoms with Crippen LogP contribution < -0.4 is 0 Å². The van der Waals surface area contributed by atoms with Gasteiger partial charge in [0, 0.05) is 11.8 Å². The summed E-state index contributed by atoms with van der Waals surface area (Å²) in [4.78, 5) is 20.1. The molecule has 120 valence electrons. The van der Waals surface area contributed by atoms with Crippen molar-refractivity contribution in [3.63, 3.8) is 0 Å². The van der Waals surface area contributed by atoms with Gasteiger partial charge in [0.15, 0.2) is 0 Å². The highest BCUT2D eigenvalue weighted by molar-refractivity contribution is 5.95. The Morgan fingerprint density at radius 1 is 1.08 bits per heavy atom. The third kappa shape index (κ3) is 2.03. The number of aromatic nitrogens is 2. The van der Waals surface area contributed by atoms with Crippen LogP contribution in [-0.4, -0.2) is 20.0 Å². The second-order valence-corrected chi connectivity index (χ2v) is 6.17. The third-order valence-electron chi connectivity index (χ3n) is 4.53. The topological polar surface area (TPSA) is 89.2 Å². The number of fused-ring (bicyclic) bond motifs is 4. The third-order valence-corrected chi connectivity index (χ3v) is 4.53. The summed E-state index contributed by atoms with van der Waals surface area (Å²) in [5.74, 6) is -0.0156. The van der Waals surface area contributed by atoms with Crippen LogP contribution in [-0.2, 0) is 12.8 Å². The fourth-order valence-corrected chi connectivity index (χ4v) is 3.28. The molecule has 0 atom stereocenters. The standard InChI is InChI=1S/C18H15N3O3/c1-9-7-14(21(23)24)13-8-12-6-5-11-4-3-10(2)19-15(11)16(12)20-17(13)18(9)22/h3-4,7-8,22H,5-6H2,1-2H3. The molecular formula is C18H15N3O3. The molecule has 1 N–H and O–H groups in total. The van der Waals surface area contributed by atoms with Crippen molar-refractivity contribution in [3.05, 3.63) is 56.8 Å². The van der Waals surface area contributed by atoms with Crippen molar-refractivity contribution in [2.24, 2.45) is 0 Å². The fourth-order valence-electron chi connectivity index (χ4n) is 3.28. The molecule has 0 aliphatic heterocycles. The number of hydrogen-bond acceptors (Lipinski definition) is 5. The molecule has 0 unspecified atom stereocenters. The highest BCUT2D eigenvalue weighted by atomic mass is 16.6. The minimum absolute atomic E-state index is 0.0156. The maximum atomic E-state index is 11.4. The van der Waals surface area contributed by atoms with Crippen molar-refractivity contribution in [1.82, 2.24) is 9.97 Å². The zero-order valence-corrected chi connectivity index (χ0v) is 13.3. The Kier molecular flexibility index (Phi) is 3.03. The number of non-ortho nitro benzene ring substituents is 1. The monoisotopic (exact) mass is 321 g/mol. The van der Waals surface area contributed by atoms with E-state index in [2.05, 4.69) is 9.97 Å². The molecule has 4 rings (SSSR count). The van der Waals surface area contributed by atoms with Crippen molar-refractivity contribution in [3.8, 4) is 17.1 Å². The Balaban J connectivity index is 2.10. The second kappa shape index (κ2) is 4.99. The highest BCUT2D eigenvalue weighted by Crippen LogP contribution is 2.39. The van der Waals surface area contributed by atoms with Gasteiger partial charge in [0.1, 0.15) is 11.3 Å².